The Morgan fingerprint density at radius 2 is 1.97 bits per heavy atom. The topological polar surface area (TPSA) is 48.5 Å². The van der Waals surface area contributed by atoms with Gasteiger partial charge in [0, 0.05) is 35.6 Å². The fourth-order valence-electron chi connectivity index (χ4n) is 4.18. The minimum Gasteiger partial charge on any atom is -0.355 e. The Hall–Kier alpha value is -2.12. The van der Waals surface area contributed by atoms with Crippen molar-refractivity contribution in [2.24, 2.45) is 0 Å². The van der Waals surface area contributed by atoms with Crippen molar-refractivity contribution >= 4 is 52.8 Å². The van der Waals surface area contributed by atoms with E-state index in [1.165, 1.54) is 0 Å². The summed E-state index contributed by atoms with van der Waals surface area (Å²) in [6.07, 6.45) is 3.81. The van der Waals surface area contributed by atoms with Gasteiger partial charge in [0.1, 0.15) is 5.82 Å². The van der Waals surface area contributed by atoms with Crippen molar-refractivity contribution in [1.82, 2.24) is 10.3 Å². The van der Waals surface area contributed by atoms with Gasteiger partial charge in [-0.25, -0.2) is 4.98 Å². The van der Waals surface area contributed by atoms with Crippen LogP contribution in [0.3, 0.4) is 0 Å². The van der Waals surface area contributed by atoms with Crippen LogP contribution in [0.5, 0.6) is 0 Å². The fraction of sp³-hybridized carbons (Fsp3) is 0.304. The quantitative estimate of drug-likeness (QED) is 0.584. The molecule has 1 amide bonds. The molecule has 5 nitrogen and oxygen atoms in total. The standard InChI is InChI=1S/C23H23ClN4OS.ClH/c1-25-18-9-10-27(14-18)21-7-6-19(13-26-21)28-11-8-16-12-20(30-22(16)23(28)29)15-2-4-17(24)5-3-15;/h2-7,12-13,18,25H,8-11,14H2,1H3;1H/t18-;/m1./s1. The van der Waals surface area contributed by atoms with Crippen LogP contribution in [0.15, 0.2) is 48.7 Å². The number of benzene rings is 1. The largest absolute Gasteiger partial charge is 0.355 e. The molecule has 0 aliphatic carbocycles. The van der Waals surface area contributed by atoms with E-state index in [1.54, 1.807) is 11.3 Å². The number of anilines is 2. The molecular weight excluding hydrogens is 451 g/mol. The molecule has 0 saturated carbocycles. The van der Waals surface area contributed by atoms with Gasteiger partial charge in [-0.3, -0.25) is 4.79 Å². The van der Waals surface area contributed by atoms with Crippen molar-refractivity contribution in [3.8, 4) is 10.4 Å². The molecule has 4 heterocycles. The maximum absolute atomic E-state index is 13.2. The van der Waals surface area contributed by atoms with Gasteiger partial charge in [-0.2, -0.15) is 0 Å². The van der Waals surface area contributed by atoms with Crippen LogP contribution in [-0.2, 0) is 6.42 Å². The first kappa shape index (κ1) is 22.1. The molecule has 1 atom stereocenters. The molecule has 3 aromatic rings. The molecule has 2 aromatic heterocycles. The van der Waals surface area contributed by atoms with Crippen molar-refractivity contribution in [3.05, 3.63) is 64.1 Å². The van der Waals surface area contributed by atoms with E-state index in [0.717, 1.165) is 58.3 Å². The van der Waals surface area contributed by atoms with Gasteiger partial charge < -0.3 is 15.1 Å². The van der Waals surface area contributed by atoms with Crippen molar-refractivity contribution in [2.75, 3.05) is 36.5 Å². The highest BCUT2D eigenvalue weighted by Gasteiger charge is 2.29. The van der Waals surface area contributed by atoms with E-state index in [0.29, 0.717) is 17.6 Å². The summed E-state index contributed by atoms with van der Waals surface area (Å²) in [6, 6.07) is 14.5. The lowest BCUT2D eigenvalue weighted by molar-refractivity contribution is 0.0985. The third-order valence-electron chi connectivity index (χ3n) is 5.95. The monoisotopic (exact) mass is 474 g/mol. The van der Waals surface area contributed by atoms with E-state index >= 15 is 0 Å². The number of carbonyl (C=O) groups is 1. The van der Waals surface area contributed by atoms with Gasteiger partial charge in [0.05, 0.1) is 16.8 Å². The molecule has 1 saturated heterocycles. The number of nitrogens with one attached hydrogen (secondary N) is 1. The normalized spacial score (nSPS) is 18.1. The number of amides is 1. The smallest absolute Gasteiger partial charge is 0.268 e. The summed E-state index contributed by atoms with van der Waals surface area (Å²) < 4.78 is 0. The predicted molar refractivity (Wildman–Crippen MR) is 131 cm³/mol. The van der Waals surface area contributed by atoms with Gasteiger partial charge in [0.15, 0.2) is 0 Å². The third-order valence-corrected chi connectivity index (χ3v) is 7.41. The summed E-state index contributed by atoms with van der Waals surface area (Å²) in [4.78, 5) is 23.9. The third kappa shape index (κ3) is 4.30. The number of hydrogen-bond donors (Lipinski definition) is 1. The van der Waals surface area contributed by atoms with Crippen LogP contribution in [0.4, 0.5) is 11.5 Å². The molecule has 1 aromatic carbocycles. The summed E-state index contributed by atoms with van der Waals surface area (Å²) in [7, 11) is 2.00. The number of carbonyl (C=O) groups excluding carboxylic acids is 1. The summed E-state index contributed by atoms with van der Waals surface area (Å²) in [5.74, 6) is 1.04. The van der Waals surface area contributed by atoms with Crippen molar-refractivity contribution in [3.63, 3.8) is 0 Å². The van der Waals surface area contributed by atoms with Gasteiger partial charge >= 0.3 is 0 Å². The zero-order valence-electron chi connectivity index (χ0n) is 17.2. The molecule has 0 bridgehead atoms. The minimum atomic E-state index is 0. The fourth-order valence-corrected chi connectivity index (χ4v) is 5.47. The lowest BCUT2D eigenvalue weighted by atomic mass is 10.1. The van der Waals surface area contributed by atoms with E-state index in [2.05, 4.69) is 21.3 Å². The Labute approximate surface area is 197 Å². The maximum atomic E-state index is 13.2. The molecule has 2 aliphatic rings. The summed E-state index contributed by atoms with van der Waals surface area (Å²) >= 11 is 7.57. The number of fused-ring (bicyclic) bond motifs is 1. The van der Waals surface area contributed by atoms with Crippen LogP contribution in [0.2, 0.25) is 5.02 Å². The highest BCUT2D eigenvalue weighted by atomic mass is 35.5. The lowest BCUT2D eigenvalue weighted by Crippen LogP contribution is -2.36. The lowest BCUT2D eigenvalue weighted by Gasteiger charge is -2.27. The van der Waals surface area contributed by atoms with Gasteiger partial charge in [-0.15, -0.1) is 23.7 Å². The minimum absolute atomic E-state index is 0. The van der Waals surface area contributed by atoms with E-state index in [4.69, 9.17) is 11.6 Å². The second-order valence-electron chi connectivity index (χ2n) is 7.77. The number of pyridine rings is 1. The van der Waals surface area contributed by atoms with E-state index in [-0.39, 0.29) is 18.3 Å². The molecule has 8 heteroatoms. The maximum Gasteiger partial charge on any atom is 0.268 e. The van der Waals surface area contributed by atoms with Gasteiger partial charge in [0.25, 0.3) is 5.91 Å². The molecule has 0 unspecified atom stereocenters. The van der Waals surface area contributed by atoms with Crippen molar-refractivity contribution in [2.45, 2.75) is 18.9 Å². The first-order valence-corrected chi connectivity index (χ1v) is 11.4. The van der Waals surface area contributed by atoms with Crippen LogP contribution in [0.1, 0.15) is 21.7 Å². The van der Waals surface area contributed by atoms with E-state index in [1.807, 2.05) is 54.5 Å². The van der Waals surface area contributed by atoms with Crippen molar-refractivity contribution < 1.29 is 4.79 Å². The second-order valence-corrected chi connectivity index (χ2v) is 9.26. The number of rotatable bonds is 4. The second kappa shape index (κ2) is 9.17. The molecule has 1 N–H and O–H groups in total. The number of halogens is 2. The average Bonchev–Trinajstić information content (AvgIpc) is 3.42. The molecule has 31 heavy (non-hydrogen) atoms. The Balaban J connectivity index is 0.00000231. The summed E-state index contributed by atoms with van der Waals surface area (Å²) in [5, 5.41) is 4.05. The summed E-state index contributed by atoms with van der Waals surface area (Å²) in [6.45, 7) is 2.65. The van der Waals surface area contributed by atoms with E-state index < -0.39 is 0 Å². The van der Waals surface area contributed by atoms with Crippen LogP contribution < -0.4 is 15.1 Å². The number of aromatic nitrogens is 1. The Bertz CT molecular complexity index is 1070. The SMILES string of the molecule is CN[C@@H]1CCN(c2ccc(N3CCc4cc(-c5ccc(Cl)cc5)sc4C3=O)cn2)C1.Cl. The Morgan fingerprint density at radius 1 is 1.16 bits per heavy atom. The number of nitrogens with zero attached hydrogens (tertiary/aromatic N) is 3. The first-order chi connectivity index (χ1) is 14.6. The molecule has 5 rings (SSSR count). The first-order valence-electron chi connectivity index (χ1n) is 10.2. The number of thiophene rings is 1. The van der Waals surface area contributed by atoms with E-state index in [9.17, 15) is 4.79 Å². The predicted octanol–water partition coefficient (Wildman–Crippen LogP) is 4.89. The molecule has 0 radical (unpaired) electrons. The molecule has 1 fully saturated rings. The molecule has 0 spiro atoms. The highest BCUT2D eigenvalue weighted by Crippen LogP contribution is 2.36. The molecule has 2 aliphatic heterocycles. The average molecular weight is 475 g/mol. The molecular formula is C23H24Cl2N4OS. The zero-order chi connectivity index (χ0) is 20.7. The van der Waals surface area contributed by atoms with Gasteiger partial charge in [-0.05, 0) is 61.3 Å². The molecule has 162 valence electrons. The summed E-state index contributed by atoms with van der Waals surface area (Å²) in [5.41, 5.74) is 3.08. The highest BCUT2D eigenvalue weighted by molar-refractivity contribution is 7.17. The van der Waals surface area contributed by atoms with Gasteiger partial charge in [0.2, 0.25) is 0 Å². The zero-order valence-corrected chi connectivity index (χ0v) is 19.6. The Morgan fingerprint density at radius 3 is 2.65 bits per heavy atom. The van der Waals surface area contributed by atoms with Crippen LogP contribution >= 0.6 is 35.3 Å². The number of likely N-dealkylation sites (N-methyl/N-ethyl adjacent to an activating group) is 1. The Kier molecular flexibility index (Phi) is 6.53. The number of hydrogen-bond acceptors (Lipinski definition) is 5. The van der Waals surface area contributed by atoms with Crippen LogP contribution in [0.25, 0.3) is 10.4 Å². The van der Waals surface area contributed by atoms with Crippen LogP contribution in [-0.4, -0.2) is 43.6 Å². The van der Waals surface area contributed by atoms with Crippen molar-refractivity contribution in [1.29, 1.82) is 0 Å². The van der Waals surface area contributed by atoms with Gasteiger partial charge in [-0.1, -0.05) is 23.7 Å². The van der Waals surface area contributed by atoms with Crippen LogP contribution in [0, 0.1) is 0 Å².